The molecule has 1 aliphatic rings. The molecule has 33 heavy (non-hydrogen) atoms. The van der Waals surface area contributed by atoms with E-state index in [4.69, 9.17) is 28.2 Å². The van der Waals surface area contributed by atoms with Crippen LogP contribution in [-0.2, 0) is 0 Å². The highest BCUT2D eigenvalue weighted by Crippen LogP contribution is 2.33. The van der Waals surface area contributed by atoms with E-state index in [1.807, 2.05) is 47.5 Å². The molecule has 0 bridgehead atoms. The standard InChI is InChI=1S/C26H24Cl2N4O/c1-16(2)25-30-22-12-17(5-7-24(22)32(25)23-8-6-20(27)13-21(23)28)26(33)31-11-9-19(15-31)18-4-3-10-29-14-18/h3-8,10,12-14,16,19H,9,11,15H2,1-2H3. The van der Waals surface area contributed by atoms with Gasteiger partial charge in [0.05, 0.1) is 21.7 Å². The molecule has 0 aliphatic carbocycles. The van der Waals surface area contributed by atoms with E-state index in [0.717, 1.165) is 35.5 Å². The first-order valence-corrected chi connectivity index (χ1v) is 11.8. The van der Waals surface area contributed by atoms with Crippen molar-refractivity contribution < 1.29 is 4.79 Å². The Balaban J connectivity index is 1.48. The molecule has 1 fully saturated rings. The fraction of sp³-hybridized carbons (Fsp3) is 0.269. The summed E-state index contributed by atoms with van der Waals surface area (Å²) in [5, 5.41) is 1.14. The van der Waals surface area contributed by atoms with Crippen molar-refractivity contribution in [1.82, 2.24) is 19.4 Å². The third kappa shape index (κ3) is 4.11. The molecule has 1 saturated heterocycles. The molecule has 1 aliphatic heterocycles. The largest absolute Gasteiger partial charge is 0.338 e. The van der Waals surface area contributed by atoms with E-state index in [2.05, 4.69) is 29.5 Å². The zero-order valence-electron chi connectivity index (χ0n) is 18.5. The fourth-order valence-electron chi connectivity index (χ4n) is 4.55. The van der Waals surface area contributed by atoms with Gasteiger partial charge in [0.1, 0.15) is 5.82 Å². The lowest BCUT2D eigenvalue weighted by Gasteiger charge is -2.17. The number of hydrogen-bond acceptors (Lipinski definition) is 3. The van der Waals surface area contributed by atoms with Gasteiger partial charge in [-0.3, -0.25) is 14.3 Å². The number of fused-ring (bicyclic) bond motifs is 1. The van der Waals surface area contributed by atoms with Gasteiger partial charge < -0.3 is 4.90 Å². The molecule has 2 aromatic heterocycles. The van der Waals surface area contributed by atoms with Gasteiger partial charge in [0.15, 0.2) is 0 Å². The summed E-state index contributed by atoms with van der Waals surface area (Å²) >= 11 is 12.6. The fourth-order valence-corrected chi connectivity index (χ4v) is 5.04. The number of nitrogens with zero attached hydrogens (tertiary/aromatic N) is 4. The SMILES string of the molecule is CC(C)c1nc2cc(C(=O)N3CCC(c4cccnc4)C3)ccc2n1-c1ccc(Cl)cc1Cl. The average molecular weight is 479 g/mol. The minimum atomic E-state index is 0.0356. The van der Waals surface area contributed by atoms with E-state index in [1.54, 1.807) is 12.3 Å². The molecular formula is C26H24Cl2N4O. The van der Waals surface area contributed by atoms with E-state index in [9.17, 15) is 4.79 Å². The molecule has 0 radical (unpaired) electrons. The summed E-state index contributed by atoms with van der Waals surface area (Å²) < 4.78 is 2.06. The number of pyridine rings is 1. The molecule has 5 rings (SSSR count). The monoisotopic (exact) mass is 478 g/mol. The van der Waals surface area contributed by atoms with Gasteiger partial charge in [0, 0.05) is 47.9 Å². The highest BCUT2D eigenvalue weighted by Gasteiger charge is 2.28. The molecule has 0 N–H and O–H groups in total. The van der Waals surface area contributed by atoms with Crippen LogP contribution in [-0.4, -0.2) is 38.4 Å². The Bertz CT molecular complexity index is 1330. The maximum Gasteiger partial charge on any atom is 0.253 e. The molecule has 0 spiro atoms. The Morgan fingerprint density at radius 1 is 1.12 bits per heavy atom. The molecule has 1 atom stereocenters. The molecule has 1 unspecified atom stereocenters. The lowest BCUT2D eigenvalue weighted by atomic mass is 10.0. The van der Waals surface area contributed by atoms with E-state index in [1.165, 1.54) is 5.56 Å². The lowest BCUT2D eigenvalue weighted by molar-refractivity contribution is 0.0791. The number of hydrogen-bond donors (Lipinski definition) is 0. The second-order valence-corrected chi connectivity index (χ2v) is 9.63. The molecule has 2 aromatic carbocycles. The second-order valence-electron chi connectivity index (χ2n) is 8.78. The Morgan fingerprint density at radius 3 is 2.70 bits per heavy atom. The summed E-state index contributed by atoms with van der Waals surface area (Å²) in [6.45, 7) is 5.63. The van der Waals surface area contributed by atoms with Crippen LogP contribution in [0.15, 0.2) is 60.9 Å². The normalized spacial score (nSPS) is 16.2. The van der Waals surface area contributed by atoms with E-state index in [0.29, 0.717) is 28.1 Å². The number of carbonyl (C=O) groups is 1. The van der Waals surface area contributed by atoms with Crippen LogP contribution in [0.5, 0.6) is 0 Å². The summed E-state index contributed by atoms with van der Waals surface area (Å²) in [5.41, 5.74) is 4.35. The number of amides is 1. The van der Waals surface area contributed by atoms with Gasteiger partial charge in [-0.2, -0.15) is 0 Å². The molecule has 5 nitrogen and oxygen atoms in total. The second kappa shape index (κ2) is 8.81. The van der Waals surface area contributed by atoms with Gasteiger partial charge in [-0.05, 0) is 54.4 Å². The van der Waals surface area contributed by atoms with Crippen LogP contribution in [0.3, 0.4) is 0 Å². The van der Waals surface area contributed by atoms with Crippen LogP contribution in [0.2, 0.25) is 10.0 Å². The lowest BCUT2D eigenvalue weighted by Crippen LogP contribution is -2.28. The van der Waals surface area contributed by atoms with Gasteiger partial charge in [-0.25, -0.2) is 4.98 Å². The molecule has 168 valence electrons. The Hall–Kier alpha value is -2.89. The van der Waals surface area contributed by atoms with Gasteiger partial charge in [-0.15, -0.1) is 0 Å². The molecule has 1 amide bonds. The summed E-state index contributed by atoms with van der Waals surface area (Å²) in [5.74, 6) is 1.41. The zero-order valence-corrected chi connectivity index (χ0v) is 20.0. The first kappa shape index (κ1) is 21.9. The number of imidazole rings is 1. The van der Waals surface area contributed by atoms with Gasteiger partial charge in [0.25, 0.3) is 5.91 Å². The number of carbonyl (C=O) groups excluding carboxylic acids is 1. The van der Waals surface area contributed by atoms with Crippen LogP contribution in [0.4, 0.5) is 0 Å². The van der Waals surface area contributed by atoms with Crippen molar-refractivity contribution in [3.8, 4) is 5.69 Å². The number of benzene rings is 2. The van der Waals surface area contributed by atoms with Crippen LogP contribution < -0.4 is 0 Å². The Kier molecular flexibility index (Phi) is 5.85. The van der Waals surface area contributed by atoms with Gasteiger partial charge in [-0.1, -0.05) is 43.1 Å². The first-order valence-electron chi connectivity index (χ1n) is 11.1. The Morgan fingerprint density at radius 2 is 1.97 bits per heavy atom. The number of aromatic nitrogens is 3. The van der Waals surface area contributed by atoms with Crippen molar-refractivity contribution in [3.63, 3.8) is 0 Å². The van der Waals surface area contributed by atoms with Crippen LogP contribution in [0.25, 0.3) is 16.7 Å². The molecule has 7 heteroatoms. The maximum atomic E-state index is 13.3. The maximum absolute atomic E-state index is 13.3. The minimum Gasteiger partial charge on any atom is -0.338 e. The third-order valence-electron chi connectivity index (χ3n) is 6.23. The van der Waals surface area contributed by atoms with Crippen molar-refractivity contribution in [2.24, 2.45) is 0 Å². The summed E-state index contributed by atoms with van der Waals surface area (Å²) in [6, 6.07) is 15.2. The summed E-state index contributed by atoms with van der Waals surface area (Å²) in [6.07, 6.45) is 4.62. The number of likely N-dealkylation sites (tertiary alicyclic amines) is 1. The van der Waals surface area contributed by atoms with Crippen molar-refractivity contribution in [2.75, 3.05) is 13.1 Å². The van der Waals surface area contributed by atoms with Gasteiger partial charge in [0.2, 0.25) is 0 Å². The van der Waals surface area contributed by atoms with E-state index >= 15 is 0 Å². The van der Waals surface area contributed by atoms with Crippen molar-refractivity contribution >= 4 is 40.1 Å². The van der Waals surface area contributed by atoms with Crippen LogP contribution in [0, 0.1) is 0 Å². The Labute approximate surface area is 203 Å². The number of rotatable bonds is 4. The van der Waals surface area contributed by atoms with Crippen molar-refractivity contribution in [3.05, 3.63) is 87.9 Å². The zero-order chi connectivity index (χ0) is 23.1. The summed E-state index contributed by atoms with van der Waals surface area (Å²) in [7, 11) is 0. The number of halogens is 2. The molecule has 0 saturated carbocycles. The van der Waals surface area contributed by atoms with Gasteiger partial charge >= 0.3 is 0 Å². The molecular weight excluding hydrogens is 455 g/mol. The molecule has 3 heterocycles. The first-order chi connectivity index (χ1) is 15.9. The van der Waals surface area contributed by atoms with Crippen molar-refractivity contribution in [2.45, 2.75) is 32.1 Å². The minimum absolute atomic E-state index is 0.0356. The highest BCUT2D eigenvalue weighted by atomic mass is 35.5. The predicted octanol–water partition coefficient (Wildman–Crippen LogP) is 6.48. The quantitative estimate of drug-likeness (QED) is 0.337. The average Bonchev–Trinajstić information content (AvgIpc) is 3.44. The van der Waals surface area contributed by atoms with Crippen LogP contribution in [0.1, 0.15) is 53.8 Å². The van der Waals surface area contributed by atoms with E-state index < -0.39 is 0 Å². The third-order valence-corrected chi connectivity index (χ3v) is 6.76. The van der Waals surface area contributed by atoms with Crippen molar-refractivity contribution in [1.29, 1.82) is 0 Å². The predicted molar refractivity (Wildman–Crippen MR) is 133 cm³/mol. The van der Waals surface area contributed by atoms with E-state index in [-0.39, 0.29) is 11.8 Å². The highest BCUT2D eigenvalue weighted by molar-refractivity contribution is 6.35. The summed E-state index contributed by atoms with van der Waals surface area (Å²) in [4.78, 5) is 24.3. The topological polar surface area (TPSA) is 51.0 Å². The van der Waals surface area contributed by atoms with Crippen LogP contribution >= 0.6 is 23.2 Å². The molecule has 4 aromatic rings. The smallest absolute Gasteiger partial charge is 0.253 e.